The van der Waals surface area contributed by atoms with Gasteiger partial charge in [-0.1, -0.05) is 253 Å². The Labute approximate surface area is 614 Å². The van der Waals surface area contributed by atoms with Crippen molar-refractivity contribution in [3.8, 4) is 39.0 Å². The number of carbonyl (C=O) groups is 4. The molecule has 4 aliphatic heterocycles. The summed E-state index contributed by atoms with van der Waals surface area (Å²) in [5.41, 5.74) is 1.35. The van der Waals surface area contributed by atoms with Crippen molar-refractivity contribution in [3.63, 3.8) is 0 Å². The van der Waals surface area contributed by atoms with Gasteiger partial charge >= 0.3 is 0 Å². The summed E-state index contributed by atoms with van der Waals surface area (Å²) in [6.07, 6.45) is 28.8. The van der Waals surface area contributed by atoms with Gasteiger partial charge in [-0.15, -0.1) is 68.0 Å². The molecule has 0 spiro atoms. The minimum absolute atomic E-state index is 0.0917. The molecule has 534 valence electrons. The van der Waals surface area contributed by atoms with Gasteiger partial charge in [-0.25, -0.2) is 0 Å². The molecule has 0 aromatic carbocycles. The third kappa shape index (κ3) is 14.2. The van der Waals surface area contributed by atoms with Crippen LogP contribution in [0.1, 0.15) is 346 Å². The average Bonchev–Trinajstić information content (AvgIpc) is 1.54. The van der Waals surface area contributed by atoms with Crippen molar-refractivity contribution >= 4 is 120 Å². The van der Waals surface area contributed by atoms with Crippen molar-refractivity contribution in [3.05, 3.63) is 66.0 Å². The van der Waals surface area contributed by atoms with Crippen LogP contribution in [0.3, 0.4) is 0 Å². The first-order valence-electron chi connectivity index (χ1n) is 38.7. The highest BCUT2D eigenvalue weighted by molar-refractivity contribution is 8.34. The smallest absolute Gasteiger partial charge is 0.263 e. The zero-order valence-corrected chi connectivity index (χ0v) is 70.0. The molecule has 4 aliphatic rings. The second kappa shape index (κ2) is 31.6. The number of unbranched alkanes of at least 4 members (excludes halogenated alkanes) is 14. The largest absolute Gasteiger partial charge is 0.274 e. The van der Waals surface area contributed by atoms with E-state index in [9.17, 15) is 4.79 Å². The molecule has 0 N–H and O–H groups in total. The van der Waals surface area contributed by atoms with Gasteiger partial charge in [0, 0.05) is 72.7 Å². The molecule has 10 heterocycles. The molecular formula is C83H122N2O4S7Si. The van der Waals surface area contributed by atoms with E-state index in [0.717, 1.165) is 107 Å². The maximum absolute atomic E-state index is 15.7. The van der Waals surface area contributed by atoms with E-state index in [1.807, 2.05) is 34.0 Å². The topological polar surface area (TPSA) is 74.8 Å². The fraction of sp³-hybridized carbons (Fsp3) is 0.663. The van der Waals surface area contributed by atoms with E-state index >= 15 is 14.4 Å². The fourth-order valence-corrected chi connectivity index (χ4v) is 38.1. The van der Waals surface area contributed by atoms with Gasteiger partial charge in [-0.05, 0) is 113 Å². The summed E-state index contributed by atoms with van der Waals surface area (Å²) in [7, 11) is -3.90. The Morgan fingerprint density at radius 3 is 1.30 bits per heavy atom. The Morgan fingerprint density at radius 2 is 0.814 bits per heavy atom. The Balaban J connectivity index is 1.16. The number of hydrogen-bond acceptors (Lipinski definition) is 10. The number of fused-ring (bicyclic) bond motifs is 8. The zero-order chi connectivity index (χ0) is 70.2. The molecule has 0 saturated carbocycles. The summed E-state index contributed by atoms with van der Waals surface area (Å²) >= 11 is 11.4. The van der Waals surface area contributed by atoms with Crippen molar-refractivity contribution < 1.29 is 19.2 Å². The molecule has 0 saturated heterocycles. The molecule has 6 aromatic rings. The first kappa shape index (κ1) is 76.7. The first-order chi connectivity index (χ1) is 46.3. The number of imide groups is 2. The Bertz CT molecular complexity index is 3740. The normalized spacial score (nSPS) is 18.0. The minimum Gasteiger partial charge on any atom is -0.274 e. The Morgan fingerprint density at radius 1 is 0.402 bits per heavy atom. The number of thiophene rings is 6. The SMILES string of the molecule is CCCCCCN1C(=O)c2c(-c3cc4c(s3)-c3sc(C(C)(C)C(C)(C)c5sc(-c6cc7c(s6)-c6sc(C(C)(C)CC)cc6[Si]7(CCCCCC)CCCCCC)c6c5C(=O)N(CCCCCC)C6=O)cc3S4(CC(CC)CCCC)CC(CC)CCCC)sc(C(C)(C)C)c2C1=O. The highest BCUT2D eigenvalue weighted by Crippen LogP contribution is 2.78. The molecule has 0 fully saturated rings. The maximum atomic E-state index is 15.7. The summed E-state index contributed by atoms with van der Waals surface area (Å²) < 4.78 is 0. The average molecular weight is 1460 g/mol. The van der Waals surface area contributed by atoms with E-state index in [-0.39, 0.29) is 34.5 Å². The van der Waals surface area contributed by atoms with Gasteiger partial charge in [0.1, 0.15) is 8.07 Å². The van der Waals surface area contributed by atoms with Crippen LogP contribution < -0.4 is 10.4 Å². The fourth-order valence-electron chi connectivity index (χ4n) is 16.3. The van der Waals surface area contributed by atoms with Crippen LogP contribution in [-0.2, 0) is 21.7 Å². The molecule has 14 heteroatoms. The molecule has 6 aromatic heterocycles. The molecule has 10 rings (SSSR count). The van der Waals surface area contributed by atoms with Crippen molar-refractivity contribution in [2.24, 2.45) is 11.8 Å². The maximum Gasteiger partial charge on any atom is 0.263 e. The monoisotopic (exact) mass is 1460 g/mol. The number of carbonyl (C=O) groups excluding carboxylic acids is 4. The summed E-state index contributed by atoms with van der Waals surface area (Å²) in [5.74, 6) is 3.05. The van der Waals surface area contributed by atoms with Crippen molar-refractivity contribution in [1.29, 1.82) is 0 Å². The van der Waals surface area contributed by atoms with Crippen LogP contribution in [0.5, 0.6) is 0 Å². The summed E-state index contributed by atoms with van der Waals surface area (Å²) in [4.78, 5) is 82.5. The summed E-state index contributed by atoms with van der Waals surface area (Å²) in [6, 6.07) is 13.1. The van der Waals surface area contributed by atoms with Gasteiger partial charge in [-0.3, -0.25) is 29.0 Å². The van der Waals surface area contributed by atoms with Crippen molar-refractivity contribution in [2.45, 2.75) is 329 Å². The molecule has 97 heavy (non-hydrogen) atoms. The molecule has 4 amide bonds. The molecule has 0 bridgehead atoms. The van der Waals surface area contributed by atoms with Crippen LogP contribution in [-0.4, -0.2) is 66.1 Å². The van der Waals surface area contributed by atoms with E-state index in [0.29, 0.717) is 47.2 Å². The Hall–Kier alpha value is -2.95. The number of nitrogens with zero attached hydrogens (tertiary/aromatic N) is 2. The van der Waals surface area contributed by atoms with Crippen LogP contribution in [0.4, 0.5) is 0 Å². The lowest BCUT2D eigenvalue weighted by atomic mass is 9.65. The first-order valence-corrected chi connectivity index (χ1v) is 48.0. The van der Waals surface area contributed by atoms with Crippen molar-refractivity contribution in [2.75, 3.05) is 24.6 Å². The van der Waals surface area contributed by atoms with Crippen molar-refractivity contribution in [1.82, 2.24) is 9.80 Å². The predicted molar refractivity (Wildman–Crippen MR) is 432 cm³/mol. The molecule has 2 atom stereocenters. The number of amides is 4. The second-order valence-corrected chi connectivity index (χ2v) is 46.3. The molecule has 0 radical (unpaired) electrons. The molecular weight excluding hydrogens is 1340 g/mol. The number of rotatable bonds is 39. The van der Waals surface area contributed by atoms with Crippen LogP contribution in [0.15, 0.2) is 34.1 Å². The molecule has 2 unspecified atom stereocenters. The second-order valence-electron chi connectivity index (χ2n) is 32.5. The van der Waals surface area contributed by atoms with Crippen LogP contribution in [0, 0.1) is 11.8 Å². The Kier molecular flexibility index (Phi) is 24.9. The lowest BCUT2D eigenvalue weighted by Crippen LogP contribution is -2.54. The summed E-state index contributed by atoms with van der Waals surface area (Å²) in [5, 5.41) is 3.32. The minimum atomic E-state index is -2.24. The van der Waals surface area contributed by atoms with E-state index in [2.05, 4.69) is 160 Å². The van der Waals surface area contributed by atoms with E-state index in [1.165, 1.54) is 141 Å². The lowest BCUT2D eigenvalue weighted by molar-refractivity contribution is 0.0635. The van der Waals surface area contributed by atoms with E-state index in [4.69, 9.17) is 0 Å². The third-order valence-electron chi connectivity index (χ3n) is 23.7. The van der Waals surface area contributed by atoms with Crippen LogP contribution in [0.2, 0.25) is 12.1 Å². The van der Waals surface area contributed by atoms with Gasteiger partial charge < -0.3 is 0 Å². The van der Waals surface area contributed by atoms with Gasteiger partial charge in [0.15, 0.2) is 0 Å². The highest BCUT2D eigenvalue weighted by atomic mass is 32.3. The van der Waals surface area contributed by atoms with Gasteiger partial charge in [-0.2, -0.15) is 10.0 Å². The molecule has 6 nitrogen and oxygen atoms in total. The quantitative estimate of drug-likeness (QED) is 0.0219. The lowest BCUT2D eigenvalue weighted by Gasteiger charge is -2.43. The van der Waals surface area contributed by atoms with Gasteiger partial charge in [0.05, 0.1) is 41.8 Å². The van der Waals surface area contributed by atoms with Gasteiger partial charge in [0.25, 0.3) is 23.6 Å². The van der Waals surface area contributed by atoms with E-state index in [1.54, 1.807) is 47.7 Å². The van der Waals surface area contributed by atoms with Crippen LogP contribution >= 0.6 is 78.0 Å². The van der Waals surface area contributed by atoms with Crippen LogP contribution in [0.25, 0.3) is 39.0 Å². The zero-order valence-electron chi connectivity index (χ0n) is 63.3. The standard InChI is InChI=1S/C83H122N2O4S7Si/c1-19-28-34-38-44-84-76(86)64-66(78(84)88)74(80(10,11)12)94-68(64)56-48-58-70(90-56)71-59(96(58,52-54(25-7)42-32-23-5)53-55(26-8)43-33-24-6)50-63(93-71)82(15,16)83(17,18)75-67-65(77(87)85(79(67)89)45-39-35-29-20-2)69(95-75)57-49-60-72(91-57)73-61(51-62(92-73)81(13,14)27-9)97(60,46-40-36-30-21-3)47-41-37-31-22-4/h48-51,54-55H,19-47,52-53H2,1-18H3. The predicted octanol–water partition coefficient (Wildman–Crippen LogP) is 26.3. The van der Waals surface area contributed by atoms with E-state index < -0.39 is 28.9 Å². The highest BCUT2D eigenvalue weighted by Gasteiger charge is 2.55. The van der Waals surface area contributed by atoms with Gasteiger partial charge in [0.2, 0.25) is 0 Å². The number of hydrogen-bond donors (Lipinski definition) is 0. The third-order valence-corrected chi connectivity index (χ3v) is 43.1. The molecule has 0 aliphatic carbocycles. The summed E-state index contributed by atoms with van der Waals surface area (Å²) in [6.45, 7) is 43.2.